The van der Waals surface area contributed by atoms with Crippen LogP contribution < -0.4 is 0 Å². The number of phenolic OH excluding ortho intramolecular Hbond substituents is 9. The quantitative estimate of drug-likeness (QED) is 0.0860. The normalized spacial score (nSPS) is 20.8. The van der Waals surface area contributed by atoms with Gasteiger partial charge in [-0.05, 0) is 36.4 Å². The Kier molecular flexibility index (Phi) is 8.58. The molecule has 18 nitrogen and oxygen atoms in total. The molecule has 0 spiro atoms. The van der Waals surface area contributed by atoms with Gasteiger partial charge in [-0.1, -0.05) is 0 Å². The molecule has 1 fully saturated rings. The molecule has 0 saturated carbocycles. The molecule has 3 aromatic rings. The maximum Gasteiger partial charge on any atom is 0.339 e. The topological polar surface area (TPSA) is 311 Å². The van der Waals surface area contributed by atoms with E-state index in [1.165, 1.54) is 0 Å². The zero-order valence-electron chi connectivity index (χ0n) is 22.4. The van der Waals surface area contributed by atoms with Crippen LogP contribution in [0.25, 0.3) is 0 Å². The molecular formula is C27H24O18. The number of carbonyl (C=O) groups excluding carboxylic acids is 3. The molecule has 4 rings (SSSR count). The van der Waals surface area contributed by atoms with Gasteiger partial charge in [0.2, 0.25) is 11.9 Å². The molecule has 0 bridgehead atoms. The number of rotatable bonds is 8. The summed E-state index contributed by atoms with van der Waals surface area (Å²) in [5.41, 5.74) is -4.38. The molecule has 1 aliphatic rings. The van der Waals surface area contributed by atoms with Gasteiger partial charge in [-0.25, -0.2) is 14.4 Å². The molecule has 1 heterocycles. The highest BCUT2D eigenvalue weighted by Crippen LogP contribution is 2.40. The van der Waals surface area contributed by atoms with Crippen LogP contribution in [-0.2, 0) is 18.9 Å². The minimum atomic E-state index is -2.73. The standard InChI is InChI=1S/C27H24O18/c28-12-1-9(2-13(29)19(12)34)23(38)42-7-18-22(37)27(26(41)44-18,45-25(40)11-5-16(32)21(36)17(33)6-11)8-43-24(39)10-3-14(30)20(35)15(31)4-10/h1-6,18,22,26,28-37,41H,7-8H2/t18-,22-,26-,27-/m1/s1. The van der Waals surface area contributed by atoms with E-state index in [4.69, 9.17) is 18.9 Å². The van der Waals surface area contributed by atoms with E-state index in [0.717, 1.165) is 12.1 Å². The molecule has 0 unspecified atom stereocenters. The summed E-state index contributed by atoms with van der Waals surface area (Å²) in [5.74, 6) is -12.4. The van der Waals surface area contributed by atoms with Crippen LogP contribution in [0, 0.1) is 0 Å². The average Bonchev–Trinajstić information content (AvgIpc) is 3.22. The zero-order chi connectivity index (χ0) is 33.4. The highest BCUT2D eigenvalue weighted by atomic mass is 16.7. The Labute approximate surface area is 249 Å². The van der Waals surface area contributed by atoms with Gasteiger partial charge in [0, 0.05) is 0 Å². The lowest BCUT2D eigenvalue weighted by Crippen LogP contribution is -2.56. The fourth-order valence-electron chi connectivity index (χ4n) is 4.14. The van der Waals surface area contributed by atoms with Crippen molar-refractivity contribution in [2.75, 3.05) is 13.2 Å². The molecule has 4 atom stereocenters. The highest BCUT2D eigenvalue weighted by Gasteiger charge is 2.60. The molecular weight excluding hydrogens is 612 g/mol. The molecule has 240 valence electrons. The van der Waals surface area contributed by atoms with Crippen LogP contribution in [0.4, 0.5) is 0 Å². The van der Waals surface area contributed by atoms with E-state index in [9.17, 15) is 70.6 Å². The first-order chi connectivity index (χ1) is 21.0. The van der Waals surface area contributed by atoms with Gasteiger partial charge in [0.05, 0.1) is 16.7 Å². The van der Waals surface area contributed by atoms with Gasteiger partial charge in [0.15, 0.2) is 51.7 Å². The number of benzene rings is 3. The highest BCUT2D eigenvalue weighted by molar-refractivity contribution is 5.93. The van der Waals surface area contributed by atoms with Crippen LogP contribution in [0.3, 0.4) is 0 Å². The summed E-state index contributed by atoms with van der Waals surface area (Å²) in [7, 11) is 0. The first-order valence-corrected chi connectivity index (χ1v) is 12.4. The minimum Gasteiger partial charge on any atom is -0.504 e. The minimum absolute atomic E-state index is 0.463. The van der Waals surface area contributed by atoms with Crippen molar-refractivity contribution in [1.82, 2.24) is 0 Å². The molecule has 45 heavy (non-hydrogen) atoms. The summed E-state index contributed by atoms with van der Waals surface area (Å²) in [5, 5.41) is 109. The van der Waals surface area contributed by atoms with Crippen molar-refractivity contribution in [3.05, 3.63) is 53.1 Å². The summed E-state index contributed by atoms with van der Waals surface area (Å²) >= 11 is 0. The summed E-state index contributed by atoms with van der Waals surface area (Å²) in [6, 6.07) is 4.16. The molecule has 0 aromatic heterocycles. The fraction of sp³-hybridized carbons (Fsp3) is 0.222. The van der Waals surface area contributed by atoms with Crippen molar-refractivity contribution < 1.29 is 89.5 Å². The van der Waals surface area contributed by atoms with Gasteiger partial charge in [-0.15, -0.1) is 0 Å². The average molecular weight is 636 g/mol. The van der Waals surface area contributed by atoms with E-state index in [1.54, 1.807) is 0 Å². The molecule has 11 N–H and O–H groups in total. The number of aliphatic hydroxyl groups excluding tert-OH is 2. The smallest absolute Gasteiger partial charge is 0.339 e. The van der Waals surface area contributed by atoms with E-state index in [-0.39, 0.29) is 0 Å². The summed E-state index contributed by atoms with van der Waals surface area (Å²) < 4.78 is 20.5. The predicted molar refractivity (Wildman–Crippen MR) is 140 cm³/mol. The van der Waals surface area contributed by atoms with Crippen molar-refractivity contribution in [2.45, 2.75) is 24.1 Å². The number of aromatic hydroxyl groups is 9. The Morgan fingerprint density at radius 1 is 0.600 bits per heavy atom. The molecule has 0 amide bonds. The van der Waals surface area contributed by atoms with Crippen LogP contribution in [0.5, 0.6) is 51.7 Å². The first kappa shape index (κ1) is 32.1. The molecule has 18 heteroatoms. The van der Waals surface area contributed by atoms with Gasteiger partial charge in [0.1, 0.15) is 25.4 Å². The second-order valence-electron chi connectivity index (χ2n) is 9.58. The van der Waals surface area contributed by atoms with E-state index >= 15 is 0 Å². The van der Waals surface area contributed by atoms with E-state index < -0.39 is 124 Å². The monoisotopic (exact) mass is 636 g/mol. The molecule has 3 aromatic carbocycles. The maximum absolute atomic E-state index is 13.0. The van der Waals surface area contributed by atoms with Crippen molar-refractivity contribution >= 4 is 17.9 Å². The van der Waals surface area contributed by atoms with Gasteiger partial charge in [-0.2, -0.15) is 0 Å². The van der Waals surface area contributed by atoms with Gasteiger partial charge >= 0.3 is 17.9 Å². The fourth-order valence-corrected chi connectivity index (χ4v) is 4.14. The third-order valence-electron chi connectivity index (χ3n) is 6.58. The Morgan fingerprint density at radius 2 is 0.956 bits per heavy atom. The van der Waals surface area contributed by atoms with Crippen molar-refractivity contribution in [3.8, 4) is 51.7 Å². The Hall–Kier alpha value is -5.85. The number of esters is 3. The summed E-state index contributed by atoms with van der Waals surface area (Å²) in [6.45, 7) is -2.12. The van der Waals surface area contributed by atoms with Gasteiger partial charge < -0.3 is 75.1 Å². The Balaban J connectivity index is 1.60. The number of phenols is 9. The molecule has 0 aliphatic carbocycles. The number of hydrogen-bond acceptors (Lipinski definition) is 18. The Morgan fingerprint density at radius 3 is 1.36 bits per heavy atom. The second kappa shape index (κ2) is 12.0. The lowest BCUT2D eigenvalue weighted by molar-refractivity contribution is -0.193. The summed E-state index contributed by atoms with van der Waals surface area (Å²) in [4.78, 5) is 38.2. The number of aliphatic hydroxyl groups is 2. The largest absolute Gasteiger partial charge is 0.504 e. The molecule has 1 aliphatic heterocycles. The third kappa shape index (κ3) is 6.13. The SMILES string of the molecule is O=C(OC[C@H]1O[C@@H](O)[C@](COC(=O)c2cc(O)c(O)c(O)c2)(OC(=O)c2cc(O)c(O)c(O)c2)[C@@H]1O)c1cc(O)c(O)c(O)c1. The second-order valence-corrected chi connectivity index (χ2v) is 9.58. The third-order valence-corrected chi connectivity index (χ3v) is 6.58. The van der Waals surface area contributed by atoms with E-state index in [2.05, 4.69) is 0 Å². The van der Waals surface area contributed by atoms with Crippen LogP contribution in [-0.4, -0.2) is 111 Å². The van der Waals surface area contributed by atoms with Crippen LogP contribution in [0.15, 0.2) is 36.4 Å². The molecule has 1 saturated heterocycles. The zero-order valence-corrected chi connectivity index (χ0v) is 22.4. The number of carbonyl (C=O) groups is 3. The van der Waals surface area contributed by atoms with Crippen LogP contribution in [0.1, 0.15) is 31.1 Å². The van der Waals surface area contributed by atoms with Gasteiger partial charge in [-0.3, -0.25) is 0 Å². The number of ether oxygens (including phenoxy) is 4. The Bertz CT molecular complexity index is 1600. The van der Waals surface area contributed by atoms with Crippen molar-refractivity contribution in [2.24, 2.45) is 0 Å². The predicted octanol–water partition coefficient (Wildman–Crippen LogP) is -0.275. The summed E-state index contributed by atoms with van der Waals surface area (Å²) in [6.07, 6.45) is -6.24. The van der Waals surface area contributed by atoms with E-state index in [1.807, 2.05) is 0 Å². The maximum atomic E-state index is 13.0. The van der Waals surface area contributed by atoms with Gasteiger partial charge in [0.25, 0.3) is 0 Å². The lowest BCUT2D eigenvalue weighted by atomic mass is 9.95. The lowest BCUT2D eigenvalue weighted by Gasteiger charge is -2.33. The van der Waals surface area contributed by atoms with Crippen LogP contribution >= 0.6 is 0 Å². The molecule has 0 radical (unpaired) electrons. The first-order valence-electron chi connectivity index (χ1n) is 12.4. The van der Waals surface area contributed by atoms with Crippen molar-refractivity contribution in [3.63, 3.8) is 0 Å². The van der Waals surface area contributed by atoms with Crippen LogP contribution in [0.2, 0.25) is 0 Å². The number of hydrogen-bond donors (Lipinski definition) is 11. The van der Waals surface area contributed by atoms with E-state index in [0.29, 0.717) is 24.3 Å². The van der Waals surface area contributed by atoms with Crippen molar-refractivity contribution in [1.29, 1.82) is 0 Å².